The average molecular weight is 332 g/mol. The molecule has 1 aromatic heterocycles. The molecule has 0 bridgehead atoms. The van der Waals surface area contributed by atoms with Gasteiger partial charge in [0.05, 0.1) is 5.69 Å². The van der Waals surface area contributed by atoms with Gasteiger partial charge >= 0.3 is 0 Å². The van der Waals surface area contributed by atoms with E-state index in [1.165, 1.54) is 16.6 Å². The molecular weight excluding hydrogens is 316 g/mol. The minimum Gasteiger partial charge on any atom is -0.354 e. The third kappa shape index (κ3) is 2.89. The third-order valence-electron chi connectivity index (χ3n) is 3.55. The molecule has 0 saturated carbocycles. The Bertz CT molecular complexity index is 700. The van der Waals surface area contributed by atoms with Crippen LogP contribution in [0.5, 0.6) is 0 Å². The summed E-state index contributed by atoms with van der Waals surface area (Å²) >= 11 is 2.97. The molecule has 1 aromatic carbocycles. The highest BCUT2D eigenvalue weighted by Gasteiger charge is 2.45. The second kappa shape index (κ2) is 6.14. The molecule has 1 atom stereocenters. The van der Waals surface area contributed by atoms with Gasteiger partial charge in [0.25, 0.3) is 0 Å². The fourth-order valence-corrected chi connectivity index (χ4v) is 4.07. The fourth-order valence-electron chi connectivity index (χ4n) is 2.24. The van der Waals surface area contributed by atoms with Crippen molar-refractivity contribution in [2.24, 2.45) is 0 Å². The van der Waals surface area contributed by atoms with E-state index in [-0.39, 0.29) is 11.8 Å². The van der Waals surface area contributed by atoms with Gasteiger partial charge in [-0.25, -0.2) is 0 Å². The van der Waals surface area contributed by atoms with Gasteiger partial charge in [-0.3, -0.25) is 9.59 Å². The maximum Gasteiger partial charge on any atom is 0.250 e. The second-order valence-corrected chi connectivity index (χ2v) is 7.66. The molecule has 0 aliphatic carbocycles. The number of fused-ring (bicyclic) bond motifs is 1. The molecule has 0 fully saturated rings. The van der Waals surface area contributed by atoms with Crippen LogP contribution in [0.15, 0.2) is 46.7 Å². The number of benzene rings is 1. The number of thiophene rings is 1. The highest BCUT2D eigenvalue weighted by atomic mass is 32.2. The van der Waals surface area contributed by atoms with Crippen LogP contribution in [0, 0.1) is 0 Å². The summed E-state index contributed by atoms with van der Waals surface area (Å²) in [6.07, 6.45) is 0.780. The Morgan fingerprint density at radius 1 is 1.27 bits per heavy atom. The highest BCUT2D eigenvalue weighted by molar-refractivity contribution is 8.02. The summed E-state index contributed by atoms with van der Waals surface area (Å²) in [6, 6.07) is 11.5. The SMILES string of the molecule is C[C@]1(C(=O)NCCc2cccs2)Sc2ccccc2NC1=O. The standard InChI is InChI=1S/C16H16N2O2S2/c1-16(14(19)17-9-8-11-5-4-10-21-11)15(20)18-12-6-2-3-7-13(12)22-16/h2-7,10H,8-9H2,1H3,(H,17,19)(H,18,20)/t16-/m1/s1. The van der Waals surface area contributed by atoms with Gasteiger partial charge < -0.3 is 10.6 Å². The zero-order valence-corrected chi connectivity index (χ0v) is 13.7. The molecule has 1 aliphatic heterocycles. The summed E-state index contributed by atoms with van der Waals surface area (Å²) in [4.78, 5) is 26.9. The maximum absolute atomic E-state index is 12.5. The molecule has 6 heteroatoms. The van der Waals surface area contributed by atoms with E-state index in [0.29, 0.717) is 6.54 Å². The first-order chi connectivity index (χ1) is 10.6. The smallest absolute Gasteiger partial charge is 0.250 e. The summed E-state index contributed by atoms with van der Waals surface area (Å²) in [5.41, 5.74) is 0.765. The Kier molecular flexibility index (Phi) is 4.22. The van der Waals surface area contributed by atoms with Gasteiger partial charge in [-0.2, -0.15) is 0 Å². The molecule has 2 aromatic rings. The van der Waals surface area contributed by atoms with Gasteiger partial charge in [-0.15, -0.1) is 11.3 Å². The van der Waals surface area contributed by atoms with Crippen LogP contribution in [0.3, 0.4) is 0 Å². The lowest BCUT2D eigenvalue weighted by molar-refractivity contribution is -0.129. The van der Waals surface area contributed by atoms with Crippen LogP contribution in [0.1, 0.15) is 11.8 Å². The Labute approximate surface area is 137 Å². The summed E-state index contributed by atoms with van der Waals surface area (Å²) in [7, 11) is 0. The van der Waals surface area contributed by atoms with Gasteiger partial charge in [0.1, 0.15) is 0 Å². The van der Waals surface area contributed by atoms with Crippen LogP contribution < -0.4 is 10.6 Å². The number of thioether (sulfide) groups is 1. The fraction of sp³-hybridized carbons (Fsp3) is 0.250. The van der Waals surface area contributed by atoms with E-state index < -0.39 is 4.75 Å². The van der Waals surface area contributed by atoms with Gasteiger partial charge in [0.15, 0.2) is 4.75 Å². The van der Waals surface area contributed by atoms with Crippen molar-refractivity contribution in [2.75, 3.05) is 11.9 Å². The van der Waals surface area contributed by atoms with Crippen molar-refractivity contribution in [1.29, 1.82) is 0 Å². The molecule has 22 heavy (non-hydrogen) atoms. The number of nitrogens with one attached hydrogen (secondary N) is 2. The number of hydrogen-bond acceptors (Lipinski definition) is 4. The minimum absolute atomic E-state index is 0.249. The lowest BCUT2D eigenvalue weighted by Gasteiger charge is -2.31. The molecule has 0 saturated heterocycles. The van der Waals surface area contributed by atoms with E-state index in [2.05, 4.69) is 10.6 Å². The summed E-state index contributed by atoms with van der Waals surface area (Å²) in [5.74, 6) is -0.522. The monoisotopic (exact) mass is 332 g/mol. The summed E-state index contributed by atoms with van der Waals surface area (Å²) in [5, 5.41) is 7.71. The van der Waals surface area contributed by atoms with Gasteiger partial charge in [0.2, 0.25) is 11.8 Å². The Morgan fingerprint density at radius 3 is 2.86 bits per heavy atom. The molecule has 1 aliphatic rings. The van der Waals surface area contributed by atoms with Crippen molar-refractivity contribution < 1.29 is 9.59 Å². The molecule has 3 rings (SSSR count). The molecule has 4 nitrogen and oxygen atoms in total. The number of amides is 2. The van der Waals surface area contributed by atoms with Crippen LogP contribution >= 0.6 is 23.1 Å². The first kappa shape index (κ1) is 15.1. The van der Waals surface area contributed by atoms with E-state index in [4.69, 9.17) is 0 Å². The second-order valence-electron chi connectivity index (χ2n) is 5.17. The van der Waals surface area contributed by atoms with Crippen LogP contribution in [-0.2, 0) is 16.0 Å². The number of carbonyl (C=O) groups excluding carboxylic acids is 2. The number of rotatable bonds is 4. The van der Waals surface area contributed by atoms with E-state index in [0.717, 1.165) is 17.0 Å². The van der Waals surface area contributed by atoms with Crippen molar-refractivity contribution in [3.05, 3.63) is 46.7 Å². The van der Waals surface area contributed by atoms with Crippen molar-refractivity contribution in [1.82, 2.24) is 5.32 Å². The van der Waals surface area contributed by atoms with E-state index in [1.54, 1.807) is 18.3 Å². The molecule has 2 heterocycles. The topological polar surface area (TPSA) is 58.2 Å². The lowest BCUT2D eigenvalue weighted by Crippen LogP contribution is -2.52. The minimum atomic E-state index is -1.14. The summed E-state index contributed by atoms with van der Waals surface area (Å²) < 4.78 is -1.14. The number of hydrogen-bond donors (Lipinski definition) is 2. The normalized spacial score (nSPS) is 20.1. The molecule has 2 N–H and O–H groups in total. The number of carbonyl (C=O) groups is 2. The Morgan fingerprint density at radius 2 is 2.09 bits per heavy atom. The van der Waals surface area contributed by atoms with Gasteiger partial charge in [0, 0.05) is 16.3 Å². The number of para-hydroxylation sites is 1. The molecule has 0 spiro atoms. The largest absolute Gasteiger partial charge is 0.354 e. The maximum atomic E-state index is 12.5. The molecule has 114 valence electrons. The quantitative estimate of drug-likeness (QED) is 0.847. The Balaban J connectivity index is 1.67. The predicted octanol–water partition coefficient (Wildman–Crippen LogP) is 2.91. The summed E-state index contributed by atoms with van der Waals surface area (Å²) in [6.45, 7) is 2.20. The third-order valence-corrected chi connectivity index (χ3v) is 5.84. The van der Waals surface area contributed by atoms with Gasteiger partial charge in [-0.05, 0) is 36.9 Å². The highest BCUT2D eigenvalue weighted by Crippen LogP contribution is 2.42. The first-order valence-corrected chi connectivity index (χ1v) is 8.69. The van der Waals surface area contributed by atoms with Gasteiger partial charge in [-0.1, -0.05) is 30.0 Å². The van der Waals surface area contributed by atoms with Crippen molar-refractivity contribution >= 4 is 40.6 Å². The lowest BCUT2D eigenvalue weighted by atomic mass is 10.1. The van der Waals surface area contributed by atoms with Crippen LogP contribution in [0.25, 0.3) is 0 Å². The van der Waals surface area contributed by atoms with Crippen LogP contribution in [-0.4, -0.2) is 23.1 Å². The molecule has 0 unspecified atom stereocenters. The van der Waals surface area contributed by atoms with E-state index >= 15 is 0 Å². The van der Waals surface area contributed by atoms with Crippen LogP contribution in [0.2, 0.25) is 0 Å². The molecule has 2 amide bonds. The van der Waals surface area contributed by atoms with E-state index in [1.807, 2.05) is 41.8 Å². The van der Waals surface area contributed by atoms with Crippen molar-refractivity contribution in [2.45, 2.75) is 23.0 Å². The van der Waals surface area contributed by atoms with Crippen LogP contribution in [0.4, 0.5) is 5.69 Å². The van der Waals surface area contributed by atoms with Crippen molar-refractivity contribution in [3.63, 3.8) is 0 Å². The Hall–Kier alpha value is -1.79. The first-order valence-electron chi connectivity index (χ1n) is 7.00. The zero-order valence-electron chi connectivity index (χ0n) is 12.1. The predicted molar refractivity (Wildman–Crippen MR) is 90.4 cm³/mol. The number of anilines is 1. The molecular formula is C16H16N2O2S2. The van der Waals surface area contributed by atoms with Crippen molar-refractivity contribution in [3.8, 4) is 0 Å². The molecule has 0 radical (unpaired) electrons. The average Bonchev–Trinajstić information content (AvgIpc) is 3.01. The van der Waals surface area contributed by atoms with E-state index in [9.17, 15) is 9.59 Å². The zero-order chi connectivity index (χ0) is 15.6.